The molecule has 0 saturated carbocycles. The van der Waals surface area contributed by atoms with Gasteiger partial charge in [-0.3, -0.25) is 9.59 Å². The molecule has 0 fully saturated rings. The van der Waals surface area contributed by atoms with Crippen LogP contribution in [0.1, 0.15) is 40.0 Å². The van der Waals surface area contributed by atoms with Gasteiger partial charge in [0.25, 0.3) is 11.5 Å². The first-order valence-electron chi connectivity index (χ1n) is 7.52. The van der Waals surface area contributed by atoms with E-state index in [0.29, 0.717) is 17.1 Å². The van der Waals surface area contributed by atoms with E-state index in [2.05, 4.69) is 5.32 Å². The fraction of sp³-hybridized carbons (Fsp3) is 0.333. The van der Waals surface area contributed by atoms with Crippen LogP contribution >= 0.6 is 11.6 Å². The van der Waals surface area contributed by atoms with E-state index in [4.69, 9.17) is 11.6 Å². The number of pyridine rings is 1. The third-order valence-corrected chi connectivity index (χ3v) is 4.35. The highest BCUT2D eigenvalue weighted by Crippen LogP contribution is 2.17. The SMILES string of the molecule is Cc1cc(C)n(C)c(=O)c1C(=O)NC[C@@H](C)c1ccc(Cl)cc1. The van der Waals surface area contributed by atoms with Gasteiger partial charge in [-0.2, -0.15) is 0 Å². The standard InChI is InChI=1S/C18H21ClN2O2/c1-11-9-13(3)21(4)18(23)16(11)17(22)20-10-12(2)14-5-7-15(19)8-6-14/h5-9,12H,10H2,1-4H3,(H,20,22)/t12-/m1/s1. The van der Waals surface area contributed by atoms with Crippen molar-refractivity contribution >= 4 is 17.5 Å². The first-order valence-corrected chi connectivity index (χ1v) is 7.90. The van der Waals surface area contributed by atoms with Crippen LogP contribution in [0.3, 0.4) is 0 Å². The minimum Gasteiger partial charge on any atom is -0.351 e. The first kappa shape index (κ1) is 17.3. The molecule has 1 aromatic heterocycles. The molecule has 0 aliphatic heterocycles. The van der Waals surface area contributed by atoms with Crippen LogP contribution in [-0.4, -0.2) is 17.0 Å². The minimum atomic E-state index is -0.330. The van der Waals surface area contributed by atoms with Crippen molar-refractivity contribution in [3.05, 3.63) is 68.1 Å². The Morgan fingerprint density at radius 2 is 1.87 bits per heavy atom. The summed E-state index contributed by atoms with van der Waals surface area (Å²) >= 11 is 5.88. The molecule has 5 heteroatoms. The number of amides is 1. The number of carbonyl (C=O) groups is 1. The lowest BCUT2D eigenvalue weighted by atomic mass is 10.0. The summed E-state index contributed by atoms with van der Waals surface area (Å²) in [6, 6.07) is 9.38. The van der Waals surface area contributed by atoms with Gasteiger partial charge in [-0.15, -0.1) is 0 Å². The fourth-order valence-electron chi connectivity index (χ4n) is 2.50. The number of aryl methyl sites for hydroxylation is 2. The molecule has 0 aliphatic rings. The van der Waals surface area contributed by atoms with Crippen molar-refractivity contribution in [1.82, 2.24) is 9.88 Å². The summed E-state index contributed by atoms with van der Waals surface area (Å²) in [6.07, 6.45) is 0. The summed E-state index contributed by atoms with van der Waals surface area (Å²) < 4.78 is 1.49. The number of hydrogen-bond donors (Lipinski definition) is 1. The predicted octanol–water partition coefficient (Wildman–Crippen LogP) is 3.19. The second-order valence-electron chi connectivity index (χ2n) is 5.87. The Balaban J connectivity index is 2.13. The second kappa shape index (κ2) is 7.01. The zero-order chi connectivity index (χ0) is 17.1. The Bertz CT molecular complexity index is 779. The van der Waals surface area contributed by atoms with Crippen molar-refractivity contribution in [2.45, 2.75) is 26.7 Å². The topological polar surface area (TPSA) is 51.1 Å². The number of nitrogens with one attached hydrogen (secondary N) is 1. The zero-order valence-corrected chi connectivity index (χ0v) is 14.6. The molecule has 1 aromatic carbocycles. The van der Waals surface area contributed by atoms with Crippen molar-refractivity contribution in [2.24, 2.45) is 7.05 Å². The molecule has 0 bridgehead atoms. The third-order valence-electron chi connectivity index (χ3n) is 4.10. The molecule has 0 aliphatic carbocycles. The van der Waals surface area contributed by atoms with Gasteiger partial charge in [0.1, 0.15) is 5.56 Å². The van der Waals surface area contributed by atoms with Crippen LogP contribution in [-0.2, 0) is 7.05 Å². The largest absolute Gasteiger partial charge is 0.351 e. The third kappa shape index (κ3) is 3.82. The monoisotopic (exact) mass is 332 g/mol. The quantitative estimate of drug-likeness (QED) is 0.934. The number of nitrogens with zero attached hydrogens (tertiary/aromatic N) is 1. The Labute approximate surface area is 141 Å². The van der Waals surface area contributed by atoms with Crippen LogP contribution in [0.4, 0.5) is 0 Å². The van der Waals surface area contributed by atoms with Gasteiger partial charge in [0, 0.05) is 24.3 Å². The average Bonchev–Trinajstić information content (AvgIpc) is 2.51. The lowest BCUT2D eigenvalue weighted by Gasteiger charge is -2.15. The average molecular weight is 333 g/mol. The van der Waals surface area contributed by atoms with Gasteiger partial charge in [-0.25, -0.2) is 0 Å². The second-order valence-corrected chi connectivity index (χ2v) is 6.31. The number of hydrogen-bond acceptors (Lipinski definition) is 2. The summed E-state index contributed by atoms with van der Waals surface area (Å²) in [7, 11) is 1.67. The molecule has 4 nitrogen and oxygen atoms in total. The Morgan fingerprint density at radius 1 is 1.26 bits per heavy atom. The van der Waals surface area contributed by atoms with Crippen LogP contribution < -0.4 is 10.9 Å². The number of halogens is 1. The normalized spacial score (nSPS) is 12.0. The smallest absolute Gasteiger partial charge is 0.263 e. The summed E-state index contributed by atoms with van der Waals surface area (Å²) in [5.41, 5.74) is 2.56. The van der Waals surface area contributed by atoms with E-state index < -0.39 is 0 Å². The molecule has 0 spiro atoms. The maximum atomic E-state index is 12.4. The molecule has 0 radical (unpaired) electrons. The van der Waals surface area contributed by atoms with Crippen LogP contribution in [0.25, 0.3) is 0 Å². The zero-order valence-electron chi connectivity index (χ0n) is 13.8. The predicted molar refractivity (Wildman–Crippen MR) is 93.4 cm³/mol. The van der Waals surface area contributed by atoms with Gasteiger partial charge < -0.3 is 9.88 Å². The highest BCUT2D eigenvalue weighted by atomic mass is 35.5. The van der Waals surface area contributed by atoms with Crippen LogP contribution in [0, 0.1) is 13.8 Å². The van der Waals surface area contributed by atoms with E-state index >= 15 is 0 Å². The van der Waals surface area contributed by atoms with E-state index in [0.717, 1.165) is 11.3 Å². The van der Waals surface area contributed by atoms with Crippen LogP contribution in [0.5, 0.6) is 0 Å². The highest BCUT2D eigenvalue weighted by Gasteiger charge is 2.17. The maximum Gasteiger partial charge on any atom is 0.263 e. The Morgan fingerprint density at radius 3 is 2.48 bits per heavy atom. The fourth-order valence-corrected chi connectivity index (χ4v) is 2.62. The van der Waals surface area contributed by atoms with Crippen molar-refractivity contribution < 1.29 is 4.79 Å². The summed E-state index contributed by atoms with van der Waals surface area (Å²) in [4.78, 5) is 24.7. The number of rotatable bonds is 4. The number of aromatic nitrogens is 1. The van der Waals surface area contributed by atoms with Gasteiger partial charge in [-0.1, -0.05) is 30.7 Å². The molecular weight excluding hydrogens is 312 g/mol. The van der Waals surface area contributed by atoms with Crippen molar-refractivity contribution in [3.8, 4) is 0 Å². The van der Waals surface area contributed by atoms with E-state index in [1.807, 2.05) is 44.2 Å². The van der Waals surface area contributed by atoms with Gasteiger partial charge in [-0.05, 0) is 49.1 Å². The van der Waals surface area contributed by atoms with Gasteiger partial charge >= 0.3 is 0 Å². The molecule has 2 aromatic rings. The molecule has 23 heavy (non-hydrogen) atoms. The van der Waals surface area contributed by atoms with Gasteiger partial charge in [0.15, 0.2) is 0 Å². The van der Waals surface area contributed by atoms with E-state index in [9.17, 15) is 9.59 Å². The molecule has 1 amide bonds. The minimum absolute atomic E-state index is 0.130. The lowest BCUT2D eigenvalue weighted by Crippen LogP contribution is -2.35. The summed E-state index contributed by atoms with van der Waals surface area (Å²) in [5.74, 6) is -0.199. The summed E-state index contributed by atoms with van der Waals surface area (Å²) in [6.45, 7) is 6.10. The Kier molecular flexibility index (Phi) is 5.26. The van der Waals surface area contributed by atoms with Gasteiger partial charge in [0.2, 0.25) is 0 Å². The maximum absolute atomic E-state index is 12.4. The Hall–Kier alpha value is -2.07. The van der Waals surface area contributed by atoms with Crippen LogP contribution in [0.15, 0.2) is 35.1 Å². The lowest BCUT2D eigenvalue weighted by molar-refractivity contribution is 0.0949. The van der Waals surface area contributed by atoms with Crippen molar-refractivity contribution in [3.63, 3.8) is 0 Å². The molecule has 0 saturated heterocycles. The molecule has 0 unspecified atom stereocenters. The molecular formula is C18H21ClN2O2. The molecule has 1 N–H and O–H groups in total. The molecule has 1 heterocycles. The molecule has 1 atom stereocenters. The molecule has 2 rings (SSSR count). The highest BCUT2D eigenvalue weighted by molar-refractivity contribution is 6.30. The summed E-state index contributed by atoms with van der Waals surface area (Å²) in [5, 5.41) is 3.54. The number of benzene rings is 1. The molecule has 122 valence electrons. The van der Waals surface area contributed by atoms with E-state index in [-0.39, 0.29) is 22.9 Å². The van der Waals surface area contributed by atoms with Gasteiger partial charge in [0.05, 0.1) is 0 Å². The van der Waals surface area contributed by atoms with Crippen LogP contribution in [0.2, 0.25) is 5.02 Å². The van der Waals surface area contributed by atoms with E-state index in [1.165, 1.54) is 4.57 Å². The van der Waals surface area contributed by atoms with Crippen molar-refractivity contribution in [2.75, 3.05) is 6.54 Å². The van der Waals surface area contributed by atoms with E-state index in [1.54, 1.807) is 14.0 Å². The first-order chi connectivity index (χ1) is 10.8. The number of carbonyl (C=O) groups excluding carboxylic acids is 1. The van der Waals surface area contributed by atoms with Crippen molar-refractivity contribution in [1.29, 1.82) is 0 Å².